The molecule has 174 valence electrons. The van der Waals surface area contributed by atoms with Crippen molar-refractivity contribution in [2.45, 2.75) is 19.3 Å². The minimum Gasteiger partial charge on any atom is -0.350 e. The Labute approximate surface area is 189 Å². The van der Waals surface area contributed by atoms with Gasteiger partial charge in [0.15, 0.2) is 0 Å². The van der Waals surface area contributed by atoms with Gasteiger partial charge in [-0.1, -0.05) is 30.3 Å². The third kappa shape index (κ3) is 4.61. The lowest BCUT2D eigenvalue weighted by Gasteiger charge is -2.14. The standard InChI is InChI=1S/C24H17F4N3O3/c25-17-7-4-8-18(12-17)31-22(33)19-9-1-2-10-20(19)30(23(31)34)14-21(32)29-13-15-5-3-6-16(11-15)24(26,27)28/h1-12H,13-14H2,(H,29,32). The van der Waals surface area contributed by atoms with Crippen LogP contribution in [0.2, 0.25) is 0 Å². The zero-order valence-electron chi connectivity index (χ0n) is 17.5. The van der Waals surface area contributed by atoms with E-state index in [9.17, 15) is 31.9 Å². The molecule has 0 saturated heterocycles. The Kier molecular flexibility index (Phi) is 6.06. The van der Waals surface area contributed by atoms with Crippen LogP contribution in [0.1, 0.15) is 11.1 Å². The number of para-hydroxylation sites is 1. The number of nitrogens with zero attached hydrogens (tertiary/aromatic N) is 2. The smallest absolute Gasteiger partial charge is 0.350 e. The summed E-state index contributed by atoms with van der Waals surface area (Å²) in [5.41, 5.74) is -1.96. The van der Waals surface area contributed by atoms with Gasteiger partial charge in [-0.2, -0.15) is 13.2 Å². The number of benzene rings is 3. The van der Waals surface area contributed by atoms with Gasteiger partial charge in [-0.05, 0) is 48.0 Å². The SMILES string of the molecule is O=C(Cn1c(=O)n(-c2cccc(F)c2)c(=O)c2ccccc21)NCc1cccc(C(F)(F)F)c1. The van der Waals surface area contributed by atoms with Gasteiger partial charge in [-0.15, -0.1) is 0 Å². The van der Waals surface area contributed by atoms with Crippen LogP contribution in [-0.4, -0.2) is 15.0 Å². The Morgan fingerprint density at radius 2 is 1.65 bits per heavy atom. The molecular weight excluding hydrogens is 454 g/mol. The van der Waals surface area contributed by atoms with Crippen LogP contribution in [-0.2, 0) is 24.1 Å². The van der Waals surface area contributed by atoms with E-state index in [0.29, 0.717) is 0 Å². The van der Waals surface area contributed by atoms with Crippen molar-refractivity contribution < 1.29 is 22.4 Å². The topological polar surface area (TPSA) is 73.1 Å². The second kappa shape index (κ2) is 8.97. The Morgan fingerprint density at radius 3 is 2.38 bits per heavy atom. The quantitative estimate of drug-likeness (QED) is 0.452. The van der Waals surface area contributed by atoms with E-state index in [0.717, 1.165) is 33.4 Å². The molecule has 6 nitrogen and oxygen atoms in total. The predicted octanol–water partition coefficient (Wildman–Crippen LogP) is 3.63. The van der Waals surface area contributed by atoms with Crippen LogP contribution in [0.4, 0.5) is 17.6 Å². The molecule has 0 bridgehead atoms. The molecule has 1 aromatic heterocycles. The van der Waals surface area contributed by atoms with Crippen molar-refractivity contribution in [1.82, 2.24) is 14.5 Å². The molecule has 0 fully saturated rings. The monoisotopic (exact) mass is 471 g/mol. The maximum atomic E-state index is 13.7. The predicted molar refractivity (Wildman–Crippen MR) is 117 cm³/mol. The Morgan fingerprint density at radius 1 is 0.912 bits per heavy atom. The van der Waals surface area contributed by atoms with E-state index in [2.05, 4.69) is 5.32 Å². The number of amides is 1. The van der Waals surface area contributed by atoms with Crippen molar-refractivity contribution in [3.05, 3.63) is 111 Å². The van der Waals surface area contributed by atoms with Gasteiger partial charge in [0.1, 0.15) is 12.4 Å². The lowest BCUT2D eigenvalue weighted by molar-refractivity contribution is -0.137. The summed E-state index contributed by atoms with van der Waals surface area (Å²) in [5.74, 6) is -1.31. The van der Waals surface area contributed by atoms with Crippen LogP contribution in [0.25, 0.3) is 16.6 Å². The summed E-state index contributed by atoms with van der Waals surface area (Å²) in [6.07, 6.45) is -4.52. The van der Waals surface area contributed by atoms with Crippen molar-refractivity contribution in [1.29, 1.82) is 0 Å². The first kappa shape index (κ1) is 23.0. The van der Waals surface area contributed by atoms with Gasteiger partial charge in [0.25, 0.3) is 5.56 Å². The molecule has 0 radical (unpaired) electrons. The van der Waals surface area contributed by atoms with Crippen molar-refractivity contribution in [2.24, 2.45) is 0 Å². The highest BCUT2D eigenvalue weighted by atomic mass is 19.4. The number of aromatic nitrogens is 2. The van der Waals surface area contributed by atoms with Crippen LogP contribution in [0, 0.1) is 5.82 Å². The summed E-state index contributed by atoms with van der Waals surface area (Å²) in [5, 5.41) is 2.62. The summed E-state index contributed by atoms with van der Waals surface area (Å²) in [4.78, 5) is 38.7. The molecule has 0 spiro atoms. The summed E-state index contributed by atoms with van der Waals surface area (Å²) in [6.45, 7) is -0.702. The van der Waals surface area contributed by atoms with E-state index in [4.69, 9.17) is 0 Å². The Bertz CT molecular complexity index is 1510. The molecule has 0 atom stereocenters. The maximum Gasteiger partial charge on any atom is 0.416 e. The normalized spacial score (nSPS) is 11.5. The van der Waals surface area contributed by atoms with Crippen LogP contribution in [0.5, 0.6) is 0 Å². The fraction of sp³-hybridized carbons (Fsp3) is 0.125. The van der Waals surface area contributed by atoms with E-state index in [1.165, 1.54) is 36.4 Å². The lowest BCUT2D eigenvalue weighted by atomic mass is 10.1. The highest BCUT2D eigenvalue weighted by Crippen LogP contribution is 2.29. The van der Waals surface area contributed by atoms with E-state index in [-0.39, 0.29) is 28.7 Å². The average molecular weight is 471 g/mol. The molecule has 0 aliphatic carbocycles. The number of fused-ring (bicyclic) bond motifs is 1. The fourth-order valence-corrected chi connectivity index (χ4v) is 3.57. The van der Waals surface area contributed by atoms with Crippen molar-refractivity contribution in [3.8, 4) is 5.69 Å². The van der Waals surface area contributed by atoms with Crippen molar-refractivity contribution in [2.75, 3.05) is 0 Å². The molecule has 1 N–H and O–H groups in total. The molecule has 0 unspecified atom stereocenters. The zero-order chi connectivity index (χ0) is 24.5. The van der Waals surface area contributed by atoms with E-state index >= 15 is 0 Å². The zero-order valence-corrected chi connectivity index (χ0v) is 17.5. The second-order valence-corrected chi connectivity index (χ2v) is 7.48. The molecule has 3 aromatic carbocycles. The van der Waals surface area contributed by atoms with Gasteiger partial charge >= 0.3 is 11.9 Å². The number of nitrogens with one attached hydrogen (secondary N) is 1. The molecular formula is C24H17F4N3O3. The van der Waals surface area contributed by atoms with Gasteiger partial charge in [0, 0.05) is 6.54 Å². The number of hydrogen-bond acceptors (Lipinski definition) is 3. The molecule has 0 aliphatic rings. The van der Waals surface area contributed by atoms with Gasteiger partial charge in [0.2, 0.25) is 5.91 Å². The first-order valence-electron chi connectivity index (χ1n) is 10.1. The van der Waals surface area contributed by atoms with Crippen LogP contribution < -0.4 is 16.6 Å². The molecule has 4 aromatic rings. The van der Waals surface area contributed by atoms with Gasteiger partial charge in [0.05, 0.1) is 22.2 Å². The van der Waals surface area contributed by atoms with Gasteiger partial charge in [-0.3, -0.25) is 14.2 Å². The molecule has 34 heavy (non-hydrogen) atoms. The van der Waals surface area contributed by atoms with Crippen molar-refractivity contribution in [3.63, 3.8) is 0 Å². The van der Waals surface area contributed by atoms with Gasteiger partial charge < -0.3 is 5.32 Å². The number of carbonyl (C=O) groups excluding carboxylic acids is 1. The third-order valence-electron chi connectivity index (χ3n) is 5.16. The van der Waals surface area contributed by atoms with Crippen LogP contribution in [0.15, 0.2) is 82.4 Å². The maximum absolute atomic E-state index is 13.7. The molecule has 0 aliphatic heterocycles. The lowest BCUT2D eigenvalue weighted by Crippen LogP contribution is -2.41. The minimum absolute atomic E-state index is 0.00104. The summed E-state index contributed by atoms with van der Waals surface area (Å²) < 4.78 is 54.3. The minimum atomic E-state index is -4.52. The first-order valence-corrected chi connectivity index (χ1v) is 10.1. The number of rotatable bonds is 5. The van der Waals surface area contributed by atoms with Crippen LogP contribution in [0.3, 0.4) is 0 Å². The highest BCUT2D eigenvalue weighted by Gasteiger charge is 2.30. The fourth-order valence-electron chi connectivity index (χ4n) is 3.57. The summed E-state index contributed by atoms with van der Waals surface area (Å²) in [7, 11) is 0. The largest absolute Gasteiger partial charge is 0.416 e. The molecule has 1 heterocycles. The highest BCUT2D eigenvalue weighted by molar-refractivity contribution is 5.81. The first-order chi connectivity index (χ1) is 16.1. The number of halogens is 4. The second-order valence-electron chi connectivity index (χ2n) is 7.48. The number of carbonyl (C=O) groups is 1. The molecule has 1 amide bonds. The van der Waals surface area contributed by atoms with Crippen LogP contribution >= 0.6 is 0 Å². The third-order valence-corrected chi connectivity index (χ3v) is 5.16. The Hall–Kier alpha value is -4.21. The molecule has 0 saturated carbocycles. The number of hydrogen-bond donors (Lipinski definition) is 1. The van der Waals surface area contributed by atoms with Gasteiger partial charge in [-0.25, -0.2) is 13.8 Å². The van der Waals surface area contributed by atoms with E-state index < -0.39 is 41.3 Å². The average Bonchev–Trinajstić information content (AvgIpc) is 2.80. The summed E-state index contributed by atoms with van der Waals surface area (Å²) in [6, 6.07) is 15.6. The molecule has 4 rings (SSSR count). The van der Waals surface area contributed by atoms with E-state index in [1.54, 1.807) is 12.1 Å². The molecule has 10 heteroatoms. The summed E-state index contributed by atoms with van der Waals surface area (Å²) >= 11 is 0. The van der Waals surface area contributed by atoms with Crippen molar-refractivity contribution >= 4 is 16.8 Å². The van der Waals surface area contributed by atoms with E-state index in [1.807, 2.05) is 0 Å². The Balaban J connectivity index is 1.68. The number of alkyl halides is 3.